The quantitative estimate of drug-likeness (QED) is 0.197. The van der Waals surface area contributed by atoms with Crippen LogP contribution >= 0.6 is 27.7 Å². The normalized spacial score (nSPS) is 14.6. The van der Waals surface area contributed by atoms with E-state index in [9.17, 15) is 24.1 Å². The highest BCUT2D eigenvalue weighted by atomic mass is 79.9. The second kappa shape index (κ2) is 10.2. The van der Waals surface area contributed by atoms with E-state index in [0.29, 0.717) is 21.3 Å². The average Bonchev–Trinajstić information content (AvgIpc) is 3.07. The fourth-order valence-electron chi connectivity index (χ4n) is 3.16. The Balaban J connectivity index is 1.43. The van der Waals surface area contributed by atoms with E-state index in [1.54, 1.807) is 36.4 Å². The van der Waals surface area contributed by atoms with E-state index in [1.165, 1.54) is 36.4 Å². The molecule has 0 radical (unpaired) electrons. The van der Waals surface area contributed by atoms with Gasteiger partial charge in [-0.2, -0.15) is 0 Å². The van der Waals surface area contributed by atoms with Gasteiger partial charge in [0.25, 0.3) is 16.8 Å². The average molecular weight is 543 g/mol. The monoisotopic (exact) mass is 542 g/mol. The Bertz CT molecular complexity index is 1300. The molecule has 1 aliphatic rings. The van der Waals surface area contributed by atoms with Crippen molar-refractivity contribution in [1.82, 2.24) is 4.90 Å². The van der Waals surface area contributed by atoms with Crippen LogP contribution in [0.15, 0.2) is 76.1 Å². The van der Waals surface area contributed by atoms with Crippen molar-refractivity contribution in [2.45, 2.75) is 13.2 Å². The van der Waals surface area contributed by atoms with Crippen molar-refractivity contribution in [2.24, 2.45) is 0 Å². The lowest BCUT2D eigenvalue weighted by Gasteiger charge is -2.12. The predicted molar refractivity (Wildman–Crippen MR) is 129 cm³/mol. The van der Waals surface area contributed by atoms with Crippen LogP contribution in [-0.4, -0.2) is 21.0 Å². The van der Waals surface area contributed by atoms with E-state index in [-0.39, 0.29) is 29.6 Å². The highest BCUT2D eigenvalue weighted by Gasteiger charge is 2.35. The number of carbonyl (C=O) groups is 2. The fraction of sp³-hybridized carbons (Fsp3) is 0.0833. The van der Waals surface area contributed by atoms with Crippen molar-refractivity contribution in [1.29, 1.82) is 0 Å². The molecule has 3 aromatic rings. The van der Waals surface area contributed by atoms with Crippen LogP contribution in [0.1, 0.15) is 16.7 Å². The molecule has 7 nitrogen and oxygen atoms in total. The largest absolute Gasteiger partial charge is 0.488 e. The summed E-state index contributed by atoms with van der Waals surface area (Å²) < 4.78 is 19.5. The Labute approximate surface area is 206 Å². The van der Waals surface area contributed by atoms with Crippen LogP contribution in [0.4, 0.5) is 14.9 Å². The number of hydrogen-bond acceptors (Lipinski definition) is 6. The van der Waals surface area contributed by atoms with Crippen LogP contribution in [0.5, 0.6) is 5.75 Å². The number of imide groups is 1. The van der Waals surface area contributed by atoms with Gasteiger partial charge in [0, 0.05) is 12.1 Å². The van der Waals surface area contributed by atoms with Crippen LogP contribution in [-0.2, 0) is 17.9 Å². The number of ether oxygens (including phenoxy) is 1. The van der Waals surface area contributed by atoms with E-state index in [4.69, 9.17) is 4.74 Å². The molecule has 2 amide bonds. The molecule has 1 saturated heterocycles. The summed E-state index contributed by atoms with van der Waals surface area (Å²) in [4.78, 5) is 36.8. The molecule has 0 unspecified atom stereocenters. The molecule has 0 spiro atoms. The number of carbonyl (C=O) groups excluding carboxylic acids is 2. The number of benzene rings is 3. The summed E-state index contributed by atoms with van der Waals surface area (Å²) in [7, 11) is 0. The van der Waals surface area contributed by atoms with Gasteiger partial charge >= 0.3 is 0 Å². The van der Waals surface area contributed by atoms with Crippen LogP contribution in [0.25, 0.3) is 6.08 Å². The molecule has 1 heterocycles. The van der Waals surface area contributed by atoms with Crippen molar-refractivity contribution >= 4 is 50.6 Å². The number of halogens is 2. The maximum Gasteiger partial charge on any atom is 0.293 e. The van der Waals surface area contributed by atoms with Gasteiger partial charge in [0.15, 0.2) is 0 Å². The number of nitro benzene ring substituents is 1. The first-order valence-corrected chi connectivity index (χ1v) is 11.6. The van der Waals surface area contributed by atoms with Gasteiger partial charge in [-0.15, -0.1) is 0 Å². The van der Waals surface area contributed by atoms with Crippen molar-refractivity contribution in [3.8, 4) is 5.75 Å². The molecule has 0 aliphatic carbocycles. The minimum atomic E-state index is -0.510. The lowest BCUT2D eigenvalue weighted by Crippen LogP contribution is -2.27. The number of nitrogens with zero attached hydrogens (tertiary/aromatic N) is 2. The van der Waals surface area contributed by atoms with Gasteiger partial charge in [-0.25, -0.2) is 4.39 Å². The minimum Gasteiger partial charge on any atom is -0.488 e. The zero-order valence-electron chi connectivity index (χ0n) is 17.4. The van der Waals surface area contributed by atoms with Gasteiger partial charge in [-0.3, -0.25) is 24.6 Å². The van der Waals surface area contributed by atoms with Crippen molar-refractivity contribution in [3.05, 3.63) is 109 Å². The van der Waals surface area contributed by atoms with Crippen molar-refractivity contribution in [3.63, 3.8) is 0 Å². The third-order valence-electron chi connectivity index (χ3n) is 4.92. The fourth-order valence-corrected chi connectivity index (χ4v) is 4.51. The first-order chi connectivity index (χ1) is 16.3. The standard InChI is InChI=1S/C24H16BrFN2O5S/c25-20-11-17(5-10-21(20)33-14-16-1-6-18(26)7-2-16)12-22-23(29)27(24(30)34-22)13-15-3-8-19(9-4-15)28(31)32/h1-12H,13-14H2. The lowest BCUT2D eigenvalue weighted by molar-refractivity contribution is -0.384. The molecule has 10 heteroatoms. The Morgan fingerprint density at radius 1 is 1.03 bits per heavy atom. The molecule has 0 N–H and O–H groups in total. The van der Waals surface area contributed by atoms with Gasteiger partial charge in [0.2, 0.25) is 0 Å². The van der Waals surface area contributed by atoms with E-state index in [2.05, 4.69) is 15.9 Å². The summed E-state index contributed by atoms with van der Waals surface area (Å²) in [6.07, 6.45) is 1.62. The Hall–Kier alpha value is -3.50. The van der Waals surface area contributed by atoms with Crippen LogP contribution < -0.4 is 4.74 Å². The summed E-state index contributed by atoms with van der Waals surface area (Å²) in [6, 6.07) is 17.0. The minimum absolute atomic E-state index is 0.0276. The molecule has 0 bridgehead atoms. The van der Waals surface area contributed by atoms with Gasteiger partial charge in [0.1, 0.15) is 18.2 Å². The number of rotatable bonds is 7. The zero-order chi connectivity index (χ0) is 24.2. The number of nitro groups is 1. The van der Waals surface area contributed by atoms with Crippen molar-refractivity contribution in [2.75, 3.05) is 0 Å². The Morgan fingerprint density at radius 2 is 1.71 bits per heavy atom. The van der Waals surface area contributed by atoms with Crippen LogP contribution in [0.3, 0.4) is 0 Å². The number of non-ortho nitro benzene ring substituents is 1. The van der Waals surface area contributed by atoms with Gasteiger partial charge in [-0.05, 0) is 74.7 Å². The number of amides is 2. The molecular weight excluding hydrogens is 527 g/mol. The second-order valence-electron chi connectivity index (χ2n) is 7.30. The first-order valence-electron chi connectivity index (χ1n) is 9.95. The molecule has 4 rings (SSSR count). The molecule has 0 atom stereocenters. The highest BCUT2D eigenvalue weighted by Crippen LogP contribution is 2.35. The van der Waals surface area contributed by atoms with Gasteiger partial charge < -0.3 is 4.74 Å². The third-order valence-corrected chi connectivity index (χ3v) is 6.45. The van der Waals surface area contributed by atoms with E-state index in [0.717, 1.165) is 22.2 Å². The molecular formula is C24H16BrFN2O5S. The third kappa shape index (κ3) is 5.52. The second-order valence-corrected chi connectivity index (χ2v) is 9.14. The molecule has 172 valence electrons. The SMILES string of the molecule is O=C1SC(=Cc2ccc(OCc3ccc(F)cc3)c(Br)c2)C(=O)N1Cc1ccc([N+](=O)[O-])cc1. The highest BCUT2D eigenvalue weighted by molar-refractivity contribution is 9.10. The lowest BCUT2D eigenvalue weighted by atomic mass is 10.2. The predicted octanol–water partition coefficient (Wildman–Crippen LogP) is 6.31. The Kier molecular flexibility index (Phi) is 7.09. The number of thioether (sulfide) groups is 1. The summed E-state index contributed by atoms with van der Waals surface area (Å²) in [5.74, 6) is -0.166. The maximum absolute atomic E-state index is 13.0. The summed E-state index contributed by atoms with van der Waals surface area (Å²) in [6.45, 7) is 0.291. The molecule has 3 aromatic carbocycles. The van der Waals surface area contributed by atoms with E-state index >= 15 is 0 Å². The molecule has 34 heavy (non-hydrogen) atoms. The van der Waals surface area contributed by atoms with E-state index in [1.807, 2.05) is 0 Å². The first kappa shape index (κ1) is 23.7. The van der Waals surface area contributed by atoms with Crippen LogP contribution in [0, 0.1) is 15.9 Å². The molecule has 1 fully saturated rings. The summed E-state index contributed by atoms with van der Waals surface area (Å²) in [5.41, 5.74) is 2.06. The Morgan fingerprint density at radius 3 is 2.35 bits per heavy atom. The van der Waals surface area contributed by atoms with Gasteiger partial charge in [0.05, 0.1) is 20.8 Å². The molecule has 0 aromatic heterocycles. The van der Waals surface area contributed by atoms with Crippen LogP contribution in [0.2, 0.25) is 0 Å². The molecule has 1 aliphatic heterocycles. The zero-order valence-corrected chi connectivity index (χ0v) is 19.8. The maximum atomic E-state index is 13.0. The molecule has 0 saturated carbocycles. The summed E-state index contributed by atoms with van der Waals surface area (Å²) in [5, 5.41) is 10.4. The van der Waals surface area contributed by atoms with Crippen molar-refractivity contribution < 1.29 is 23.6 Å². The summed E-state index contributed by atoms with van der Waals surface area (Å²) >= 11 is 4.29. The van der Waals surface area contributed by atoms with E-state index < -0.39 is 16.1 Å². The number of hydrogen-bond donors (Lipinski definition) is 0. The smallest absolute Gasteiger partial charge is 0.293 e. The topological polar surface area (TPSA) is 89.8 Å². The van der Waals surface area contributed by atoms with Gasteiger partial charge in [-0.1, -0.05) is 30.3 Å².